The Morgan fingerprint density at radius 1 is 1.29 bits per heavy atom. The summed E-state index contributed by atoms with van der Waals surface area (Å²) in [4.78, 5) is 15.6. The van der Waals surface area contributed by atoms with Gasteiger partial charge in [-0.3, -0.25) is 0 Å². The molecule has 1 heterocycles. The van der Waals surface area contributed by atoms with E-state index in [-0.39, 0.29) is 11.3 Å². The number of rotatable bonds is 5. The van der Waals surface area contributed by atoms with Crippen LogP contribution in [0.4, 0.5) is 5.69 Å². The first kappa shape index (κ1) is 14.8. The standard InChI is InChI=1S/C16H18N2O3/c1-3-4-11-5-7-12(8-6-11)21-15-9-13(16(19)20-2)14(17)10-18-15/h5-10H,3-4,17H2,1-2H3. The van der Waals surface area contributed by atoms with Crippen LogP contribution in [0.2, 0.25) is 0 Å². The van der Waals surface area contributed by atoms with Crippen LogP contribution in [0, 0.1) is 0 Å². The molecule has 2 rings (SSSR count). The fourth-order valence-corrected chi connectivity index (χ4v) is 1.92. The third-order valence-corrected chi connectivity index (χ3v) is 3.00. The molecule has 0 radical (unpaired) electrons. The van der Waals surface area contributed by atoms with E-state index in [0.717, 1.165) is 12.8 Å². The van der Waals surface area contributed by atoms with Gasteiger partial charge in [0, 0.05) is 6.07 Å². The minimum atomic E-state index is -0.516. The molecule has 5 nitrogen and oxygen atoms in total. The first-order valence-electron chi connectivity index (χ1n) is 6.74. The van der Waals surface area contributed by atoms with Gasteiger partial charge < -0.3 is 15.2 Å². The highest BCUT2D eigenvalue weighted by Crippen LogP contribution is 2.23. The van der Waals surface area contributed by atoms with Crippen molar-refractivity contribution in [3.63, 3.8) is 0 Å². The van der Waals surface area contributed by atoms with Gasteiger partial charge in [-0.1, -0.05) is 25.5 Å². The summed E-state index contributed by atoms with van der Waals surface area (Å²) in [7, 11) is 1.30. The molecule has 1 aromatic heterocycles. The van der Waals surface area contributed by atoms with E-state index >= 15 is 0 Å². The van der Waals surface area contributed by atoms with Crippen LogP contribution in [0.3, 0.4) is 0 Å². The lowest BCUT2D eigenvalue weighted by Gasteiger charge is -2.08. The normalized spacial score (nSPS) is 10.2. The van der Waals surface area contributed by atoms with Gasteiger partial charge >= 0.3 is 5.97 Å². The number of benzene rings is 1. The molecule has 0 aliphatic rings. The summed E-state index contributed by atoms with van der Waals surface area (Å²) in [5.74, 6) is 0.439. The van der Waals surface area contributed by atoms with Crippen molar-refractivity contribution in [3.8, 4) is 11.6 Å². The second-order valence-corrected chi connectivity index (χ2v) is 4.60. The molecule has 0 atom stereocenters. The summed E-state index contributed by atoms with van der Waals surface area (Å²) in [6, 6.07) is 9.25. The Kier molecular flexibility index (Phi) is 4.77. The maximum Gasteiger partial charge on any atom is 0.340 e. The van der Waals surface area contributed by atoms with E-state index in [2.05, 4.69) is 16.6 Å². The molecular formula is C16H18N2O3. The fourth-order valence-electron chi connectivity index (χ4n) is 1.92. The van der Waals surface area contributed by atoms with Crippen molar-refractivity contribution in [2.45, 2.75) is 19.8 Å². The molecule has 0 fully saturated rings. The van der Waals surface area contributed by atoms with E-state index < -0.39 is 5.97 Å². The van der Waals surface area contributed by atoms with Crippen LogP contribution in [-0.2, 0) is 11.2 Å². The van der Waals surface area contributed by atoms with Gasteiger partial charge in [-0.05, 0) is 24.1 Å². The van der Waals surface area contributed by atoms with Gasteiger partial charge in [-0.25, -0.2) is 9.78 Å². The maximum absolute atomic E-state index is 11.6. The van der Waals surface area contributed by atoms with Gasteiger partial charge in [0.25, 0.3) is 0 Å². The third kappa shape index (κ3) is 3.72. The summed E-state index contributed by atoms with van der Waals surface area (Å²) in [5.41, 5.74) is 7.45. The highest BCUT2D eigenvalue weighted by molar-refractivity contribution is 5.95. The van der Waals surface area contributed by atoms with Gasteiger partial charge in [0.05, 0.1) is 24.6 Å². The molecule has 0 saturated carbocycles. The average molecular weight is 286 g/mol. The van der Waals surface area contributed by atoms with Crippen LogP contribution < -0.4 is 10.5 Å². The molecule has 0 aliphatic heterocycles. The van der Waals surface area contributed by atoms with Crippen molar-refractivity contribution in [2.24, 2.45) is 0 Å². The number of nitrogens with two attached hydrogens (primary N) is 1. The monoisotopic (exact) mass is 286 g/mol. The Balaban J connectivity index is 2.17. The second kappa shape index (κ2) is 6.74. The van der Waals surface area contributed by atoms with Gasteiger partial charge in [-0.2, -0.15) is 0 Å². The summed E-state index contributed by atoms with van der Waals surface area (Å²) in [5, 5.41) is 0. The quantitative estimate of drug-likeness (QED) is 0.854. The number of carbonyl (C=O) groups excluding carboxylic acids is 1. The maximum atomic E-state index is 11.6. The number of aryl methyl sites for hydroxylation is 1. The zero-order valence-electron chi connectivity index (χ0n) is 12.1. The zero-order valence-corrected chi connectivity index (χ0v) is 12.1. The zero-order chi connectivity index (χ0) is 15.2. The summed E-state index contributed by atoms with van der Waals surface area (Å²) in [6.07, 6.45) is 3.52. The predicted molar refractivity (Wildman–Crippen MR) is 80.5 cm³/mol. The number of ether oxygens (including phenoxy) is 2. The predicted octanol–water partition coefficient (Wildman–Crippen LogP) is 3.20. The number of carbonyl (C=O) groups is 1. The fraction of sp³-hybridized carbons (Fsp3) is 0.250. The molecule has 2 aromatic rings. The van der Waals surface area contributed by atoms with Crippen molar-refractivity contribution in [1.29, 1.82) is 0 Å². The highest BCUT2D eigenvalue weighted by atomic mass is 16.5. The number of esters is 1. The second-order valence-electron chi connectivity index (χ2n) is 4.60. The average Bonchev–Trinajstić information content (AvgIpc) is 2.50. The molecule has 0 unspecified atom stereocenters. The Labute approximate surface area is 123 Å². The topological polar surface area (TPSA) is 74.4 Å². The molecule has 0 spiro atoms. The lowest BCUT2D eigenvalue weighted by Crippen LogP contribution is -2.06. The Hall–Kier alpha value is -2.56. The number of nitrogens with zero attached hydrogens (tertiary/aromatic N) is 1. The van der Waals surface area contributed by atoms with E-state index in [1.165, 1.54) is 24.9 Å². The minimum Gasteiger partial charge on any atom is -0.465 e. The molecule has 0 bridgehead atoms. The number of nitrogen functional groups attached to an aromatic ring is 1. The first-order chi connectivity index (χ1) is 10.1. The Morgan fingerprint density at radius 2 is 2.00 bits per heavy atom. The van der Waals surface area contributed by atoms with Crippen molar-refractivity contribution >= 4 is 11.7 Å². The van der Waals surface area contributed by atoms with Crippen molar-refractivity contribution in [3.05, 3.63) is 47.7 Å². The van der Waals surface area contributed by atoms with Crippen LogP contribution >= 0.6 is 0 Å². The largest absolute Gasteiger partial charge is 0.465 e. The van der Waals surface area contributed by atoms with E-state index in [4.69, 9.17) is 10.5 Å². The van der Waals surface area contributed by atoms with Crippen LogP contribution in [0.15, 0.2) is 36.5 Å². The smallest absolute Gasteiger partial charge is 0.340 e. The lowest BCUT2D eigenvalue weighted by molar-refractivity contribution is 0.0601. The van der Waals surface area contributed by atoms with E-state index in [1.54, 1.807) is 0 Å². The van der Waals surface area contributed by atoms with E-state index in [9.17, 15) is 4.79 Å². The van der Waals surface area contributed by atoms with Crippen molar-refractivity contribution in [1.82, 2.24) is 4.98 Å². The van der Waals surface area contributed by atoms with Crippen LogP contribution in [0.1, 0.15) is 29.3 Å². The molecule has 110 valence electrons. The van der Waals surface area contributed by atoms with E-state index in [1.807, 2.05) is 24.3 Å². The molecule has 2 N–H and O–H groups in total. The number of hydrogen-bond donors (Lipinski definition) is 1. The van der Waals surface area contributed by atoms with Crippen LogP contribution in [-0.4, -0.2) is 18.1 Å². The summed E-state index contributed by atoms with van der Waals surface area (Å²) >= 11 is 0. The number of pyridine rings is 1. The lowest BCUT2D eigenvalue weighted by atomic mass is 10.1. The minimum absolute atomic E-state index is 0.241. The highest BCUT2D eigenvalue weighted by Gasteiger charge is 2.12. The van der Waals surface area contributed by atoms with Crippen molar-refractivity contribution in [2.75, 3.05) is 12.8 Å². The molecule has 5 heteroatoms. The summed E-state index contributed by atoms with van der Waals surface area (Å²) < 4.78 is 10.3. The van der Waals surface area contributed by atoms with Crippen LogP contribution in [0.5, 0.6) is 11.6 Å². The summed E-state index contributed by atoms with van der Waals surface area (Å²) in [6.45, 7) is 2.14. The SMILES string of the molecule is CCCc1ccc(Oc2cc(C(=O)OC)c(N)cn2)cc1. The van der Waals surface area contributed by atoms with Gasteiger partial charge in [0.1, 0.15) is 5.75 Å². The molecular weight excluding hydrogens is 268 g/mol. The molecule has 0 amide bonds. The third-order valence-electron chi connectivity index (χ3n) is 3.00. The van der Waals surface area contributed by atoms with Gasteiger partial charge in [-0.15, -0.1) is 0 Å². The molecule has 21 heavy (non-hydrogen) atoms. The number of methoxy groups -OCH3 is 1. The molecule has 1 aromatic carbocycles. The molecule has 0 saturated heterocycles. The molecule has 0 aliphatic carbocycles. The van der Waals surface area contributed by atoms with Crippen LogP contribution in [0.25, 0.3) is 0 Å². The van der Waals surface area contributed by atoms with Gasteiger partial charge in [0.2, 0.25) is 5.88 Å². The Bertz CT molecular complexity index is 624. The number of aromatic nitrogens is 1. The Morgan fingerprint density at radius 3 is 2.62 bits per heavy atom. The van der Waals surface area contributed by atoms with E-state index in [0.29, 0.717) is 11.6 Å². The first-order valence-corrected chi connectivity index (χ1v) is 6.74. The van der Waals surface area contributed by atoms with Crippen molar-refractivity contribution < 1.29 is 14.3 Å². The number of hydrogen-bond acceptors (Lipinski definition) is 5. The van der Waals surface area contributed by atoms with Gasteiger partial charge in [0.15, 0.2) is 0 Å². The number of anilines is 1.